The third-order valence-corrected chi connectivity index (χ3v) is 8.59. The van der Waals surface area contributed by atoms with Crippen LogP contribution in [0, 0.1) is 0 Å². The van der Waals surface area contributed by atoms with E-state index in [1.165, 1.54) is 13.8 Å². The van der Waals surface area contributed by atoms with E-state index in [0.29, 0.717) is 5.69 Å². The molecule has 0 spiro atoms. The van der Waals surface area contributed by atoms with Gasteiger partial charge in [0.05, 0.1) is 18.0 Å². The van der Waals surface area contributed by atoms with Gasteiger partial charge in [0.15, 0.2) is 4.21 Å². The number of carbonyl (C=O) groups is 1. The van der Waals surface area contributed by atoms with Crippen molar-refractivity contribution in [1.82, 2.24) is 14.7 Å². The molecule has 30 heavy (non-hydrogen) atoms. The molecular formula is C19H24N4O5S2. The molecule has 2 amide bonds. The summed E-state index contributed by atoms with van der Waals surface area (Å²) in [6, 6.07) is -0.869. The number of rotatable bonds is 5. The number of thiazole rings is 1. The minimum absolute atomic E-state index is 0.108. The molecule has 4 rings (SSSR count). The summed E-state index contributed by atoms with van der Waals surface area (Å²) >= 11 is 0.725. The first-order chi connectivity index (χ1) is 14.1. The number of amides is 2. The molecule has 2 aromatic heterocycles. The number of hydrogen-bond donors (Lipinski definition) is 4. The van der Waals surface area contributed by atoms with E-state index in [-0.39, 0.29) is 14.9 Å². The Morgan fingerprint density at radius 3 is 2.23 bits per heavy atom. The van der Waals surface area contributed by atoms with Crippen LogP contribution in [0.2, 0.25) is 0 Å². The molecule has 162 valence electrons. The number of nitrogens with one attached hydrogen (secondary N) is 2. The van der Waals surface area contributed by atoms with Gasteiger partial charge in [-0.15, -0.1) is 11.3 Å². The van der Waals surface area contributed by atoms with Gasteiger partial charge in [-0.2, -0.15) is 0 Å². The smallest absolute Gasteiger partial charge is 0.333 e. The van der Waals surface area contributed by atoms with Gasteiger partial charge < -0.3 is 15.5 Å². The number of aromatic nitrogens is 2. The number of urea groups is 1. The van der Waals surface area contributed by atoms with Crippen LogP contribution in [0.3, 0.4) is 0 Å². The van der Waals surface area contributed by atoms with E-state index in [2.05, 4.69) is 10.3 Å². The quantitative estimate of drug-likeness (QED) is 0.541. The van der Waals surface area contributed by atoms with Crippen molar-refractivity contribution in [2.24, 2.45) is 0 Å². The first kappa shape index (κ1) is 21.2. The van der Waals surface area contributed by atoms with Gasteiger partial charge in [0.25, 0.3) is 10.0 Å². The summed E-state index contributed by atoms with van der Waals surface area (Å²) in [6.07, 6.45) is 5.24. The molecule has 9 nitrogen and oxygen atoms in total. The SMILES string of the molecule is CC(C)(O)c1nc(CO)c(S(=O)(=O)NC(=O)Nc2c3c(nc4c2CCC4)CCC3)s1. The minimum Gasteiger partial charge on any atom is -0.390 e. The fourth-order valence-corrected chi connectivity index (χ4v) is 6.37. The Labute approximate surface area is 178 Å². The van der Waals surface area contributed by atoms with Crippen molar-refractivity contribution in [3.8, 4) is 0 Å². The predicted octanol–water partition coefficient (Wildman–Crippen LogP) is 1.75. The normalized spacial score (nSPS) is 15.7. The largest absolute Gasteiger partial charge is 0.390 e. The second-order valence-electron chi connectivity index (χ2n) is 8.07. The van der Waals surface area contributed by atoms with Gasteiger partial charge in [-0.1, -0.05) is 0 Å². The second-order valence-corrected chi connectivity index (χ2v) is 11.0. The standard InChI is InChI=1S/C19H24N4O5S2/c1-19(2,26)17-21-14(9-24)16(29-17)30(27,28)23-18(25)22-15-10-5-3-7-12(10)20-13-8-4-6-11(13)15/h24,26H,3-9H2,1-2H3,(H2,20,22,23,25). The first-order valence-corrected chi connectivity index (χ1v) is 12.1. The molecule has 2 aliphatic rings. The average molecular weight is 453 g/mol. The topological polar surface area (TPSA) is 142 Å². The third-order valence-electron chi connectivity index (χ3n) is 5.30. The van der Waals surface area contributed by atoms with E-state index in [9.17, 15) is 23.4 Å². The van der Waals surface area contributed by atoms with Crippen LogP contribution in [-0.4, -0.2) is 34.6 Å². The zero-order valence-corrected chi connectivity index (χ0v) is 18.4. The summed E-state index contributed by atoms with van der Waals surface area (Å²) < 4.78 is 27.4. The van der Waals surface area contributed by atoms with Gasteiger partial charge in [0.2, 0.25) is 0 Å². The van der Waals surface area contributed by atoms with Crippen LogP contribution < -0.4 is 10.0 Å². The van der Waals surface area contributed by atoms with Crippen LogP contribution in [0.5, 0.6) is 0 Å². The molecule has 0 fully saturated rings. The number of fused-ring (bicyclic) bond motifs is 2. The van der Waals surface area contributed by atoms with Gasteiger partial charge in [0.1, 0.15) is 10.6 Å². The fourth-order valence-electron chi connectivity index (χ4n) is 3.95. The molecule has 11 heteroatoms. The molecule has 0 radical (unpaired) electrons. The van der Waals surface area contributed by atoms with Crippen LogP contribution in [0.1, 0.15) is 59.9 Å². The zero-order valence-electron chi connectivity index (χ0n) is 16.8. The van der Waals surface area contributed by atoms with Crippen LogP contribution in [0.15, 0.2) is 4.21 Å². The monoisotopic (exact) mass is 452 g/mol. The molecule has 0 saturated carbocycles. The van der Waals surface area contributed by atoms with Crippen molar-refractivity contribution < 1.29 is 23.4 Å². The van der Waals surface area contributed by atoms with Gasteiger partial charge in [-0.25, -0.2) is 22.9 Å². The van der Waals surface area contributed by atoms with Crippen LogP contribution >= 0.6 is 11.3 Å². The summed E-state index contributed by atoms with van der Waals surface area (Å²) in [7, 11) is -4.28. The lowest BCUT2D eigenvalue weighted by molar-refractivity contribution is 0.0779. The Balaban J connectivity index is 1.61. The Hall–Kier alpha value is -2.08. The number of aliphatic hydroxyl groups is 2. The van der Waals surface area contributed by atoms with E-state index >= 15 is 0 Å². The van der Waals surface area contributed by atoms with Gasteiger partial charge >= 0.3 is 6.03 Å². The van der Waals surface area contributed by atoms with Crippen molar-refractivity contribution in [1.29, 1.82) is 0 Å². The molecule has 0 unspecified atom stereocenters. The van der Waals surface area contributed by atoms with E-state index in [0.717, 1.165) is 72.4 Å². The maximum atomic E-state index is 12.8. The molecule has 4 N–H and O–H groups in total. The van der Waals surface area contributed by atoms with Crippen molar-refractivity contribution in [3.63, 3.8) is 0 Å². The number of carbonyl (C=O) groups excluding carboxylic acids is 1. The number of pyridine rings is 1. The lowest BCUT2D eigenvalue weighted by Crippen LogP contribution is -2.35. The lowest BCUT2D eigenvalue weighted by Gasteiger charge is -2.15. The van der Waals surface area contributed by atoms with Crippen molar-refractivity contribution in [2.45, 2.75) is 68.8 Å². The molecule has 2 aromatic rings. The van der Waals surface area contributed by atoms with Crippen molar-refractivity contribution in [2.75, 3.05) is 5.32 Å². The Kier molecular flexibility index (Phi) is 5.33. The summed E-state index contributed by atoms with van der Waals surface area (Å²) in [4.78, 5) is 21.4. The summed E-state index contributed by atoms with van der Waals surface area (Å²) in [5.41, 5.74) is 3.14. The minimum atomic E-state index is -4.28. The predicted molar refractivity (Wildman–Crippen MR) is 111 cm³/mol. The lowest BCUT2D eigenvalue weighted by atomic mass is 10.1. The highest BCUT2D eigenvalue weighted by Crippen LogP contribution is 2.37. The fraction of sp³-hybridized carbons (Fsp3) is 0.526. The average Bonchev–Trinajstić information content (AvgIpc) is 3.38. The maximum Gasteiger partial charge on any atom is 0.333 e. The Bertz CT molecular complexity index is 1090. The number of aliphatic hydroxyl groups excluding tert-OH is 1. The summed E-state index contributed by atoms with van der Waals surface area (Å²) in [5.74, 6) is 0. The molecular weight excluding hydrogens is 428 g/mol. The number of nitrogens with zero attached hydrogens (tertiary/aromatic N) is 2. The molecule has 2 heterocycles. The van der Waals surface area contributed by atoms with E-state index in [1.807, 2.05) is 4.72 Å². The second kappa shape index (κ2) is 7.56. The molecule has 0 aromatic carbocycles. The molecule has 0 saturated heterocycles. The van der Waals surface area contributed by atoms with Gasteiger partial charge in [-0.3, -0.25) is 4.98 Å². The first-order valence-electron chi connectivity index (χ1n) is 9.81. The third kappa shape index (κ3) is 3.82. The van der Waals surface area contributed by atoms with Gasteiger partial charge in [-0.05, 0) is 63.5 Å². The number of hydrogen-bond acceptors (Lipinski definition) is 8. The highest BCUT2D eigenvalue weighted by Gasteiger charge is 2.31. The Morgan fingerprint density at radius 1 is 1.10 bits per heavy atom. The van der Waals surface area contributed by atoms with Crippen molar-refractivity contribution >= 4 is 33.1 Å². The number of aryl methyl sites for hydroxylation is 2. The van der Waals surface area contributed by atoms with Gasteiger partial charge in [0, 0.05) is 11.4 Å². The highest BCUT2D eigenvalue weighted by molar-refractivity contribution is 7.92. The summed E-state index contributed by atoms with van der Waals surface area (Å²) in [5, 5.41) is 22.5. The van der Waals surface area contributed by atoms with Crippen LogP contribution in [0.25, 0.3) is 0 Å². The number of sulfonamides is 1. The molecule has 0 aliphatic heterocycles. The Morgan fingerprint density at radius 2 is 1.70 bits per heavy atom. The van der Waals surface area contributed by atoms with Crippen LogP contribution in [0.4, 0.5) is 10.5 Å². The maximum absolute atomic E-state index is 12.8. The number of anilines is 1. The van der Waals surface area contributed by atoms with E-state index < -0.39 is 28.3 Å². The molecule has 2 aliphatic carbocycles. The van der Waals surface area contributed by atoms with Crippen molar-refractivity contribution in [3.05, 3.63) is 33.2 Å². The molecule has 0 bridgehead atoms. The highest BCUT2D eigenvalue weighted by atomic mass is 32.2. The molecule has 0 atom stereocenters. The summed E-state index contributed by atoms with van der Waals surface area (Å²) in [6.45, 7) is 2.30. The van der Waals surface area contributed by atoms with Crippen LogP contribution in [-0.2, 0) is 47.9 Å². The zero-order chi connectivity index (χ0) is 21.7. The van der Waals surface area contributed by atoms with E-state index in [1.54, 1.807) is 0 Å². The van der Waals surface area contributed by atoms with E-state index in [4.69, 9.17) is 4.98 Å².